The van der Waals surface area contributed by atoms with Crippen molar-refractivity contribution >= 4 is 33.2 Å². The Morgan fingerprint density at radius 2 is 1.92 bits per heavy atom. The monoisotopic (exact) mass is 396 g/mol. The SMILES string of the molecule is COc1ccccc1[C@H](C)NC(=O)CN(c1cccc(Cl)c1)S(C)(=O)=O. The molecule has 0 aliphatic rings. The number of amides is 1. The molecule has 0 saturated carbocycles. The lowest BCUT2D eigenvalue weighted by molar-refractivity contribution is -0.120. The third-order valence-corrected chi connectivity index (χ3v) is 5.14. The Kier molecular flexibility index (Phi) is 6.50. The highest BCUT2D eigenvalue weighted by atomic mass is 35.5. The maximum atomic E-state index is 12.5. The van der Waals surface area contributed by atoms with Crippen LogP contribution in [0, 0.1) is 0 Å². The van der Waals surface area contributed by atoms with Gasteiger partial charge in [-0.05, 0) is 31.2 Å². The third kappa shape index (κ3) is 5.12. The van der Waals surface area contributed by atoms with Gasteiger partial charge in [-0.2, -0.15) is 0 Å². The number of halogens is 1. The number of hydrogen-bond donors (Lipinski definition) is 1. The van der Waals surface area contributed by atoms with Crippen LogP contribution in [0.25, 0.3) is 0 Å². The van der Waals surface area contributed by atoms with Gasteiger partial charge in [0.25, 0.3) is 0 Å². The first-order chi connectivity index (χ1) is 12.2. The number of methoxy groups -OCH3 is 1. The molecule has 2 rings (SSSR count). The first-order valence-electron chi connectivity index (χ1n) is 7.88. The number of ether oxygens (including phenoxy) is 1. The van der Waals surface area contributed by atoms with Gasteiger partial charge in [0, 0.05) is 10.6 Å². The van der Waals surface area contributed by atoms with Gasteiger partial charge in [-0.15, -0.1) is 0 Å². The van der Waals surface area contributed by atoms with Crippen LogP contribution >= 0.6 is 11.6 Å². The number of rotatable bonds is 7. The molecule has 0 spiro atoms. The third-order valence-electron chi connectivity index (χ3n) is 3.77. The van der Waals surface area contributed by atoms with Crippen LogP contribution in [0.1, 0.15) is 18.5 Å². The molecule has 1 atom stereocenters. The number of nitrogens with one attached hydrogen (secondary N) is 1. The zero-order valence-corrected chi connectivity index (χ0v) is 16.3. The number of benzene rings is 2. The summed E-state index contributed by atoms with van der Waals surface area (Å²) in [4.78, 5) is 12.5. The Hall–Kier alpha value is -2.25. The molecule has 2 aromatic carbocycles. The smallest absolute Gasteiger partial charge is 0.241 e. The Morgan fingerprint density at radius 1 is 1.23 bits per heavy atom. The summed E-state index contributed by atoms with van der Waals surface area (Å²) in [5.41, 5.74) is 1.14. The molecule has 0 bridgehead atoms. The predicted octanol–water partition coefficient (Wildman–Crippen LogP) is 2.99. The quantitative estimate of drug-likeness (QED) is 0.780. The normalized spacial score (nSPS) is 12.3. The average molecular weight is 397 g/mol. The molecule has 1 N–H and O–H groups in total. The molecule has 0 radical (unpaired) electrons. The van der Waals surface area contributed by atoms with Crippen LogP contribution < -0.4 is 14.4 Å². The number of carbonyl (C=O) groups is 1. The van der Waals surface area contributed by atoms with Crippen LogP contribution in [0.3, 0.4) is 0 Å². The summed E-state index contributed by atoms with van der Waals surface area (Å²) in [6, 6.07) is 13.3. The second kappa shape index (κ2) is 8.42. The number of sulfonamides is 1. The Balaban J connectivity index is 2.17. The molecule has 0 heterocycles. The number of anilines is 1. The van der Waals surface area contributed by atoms with Crippen molar-refractivity contribution < 1.29 is 17.9 Å². The van der Waals surface area contributed by atoms with Crippen molar-refractivity contribution in [2.45, 2.75) is 13.0 Å². The summed E-state index contributed by atoms with van der Waals surface area (Å²) in [7, 11) is -2.10. The highest BCUT2D eigenvalue weighted by Gasteiger charge is 2.22. The minimum Gasteiger partial charge on any atom is -0.496 e. The van der Waals surface area contributed by atoms with Crippen molar-refractivity contribution in [3.8, 4) is 5.75 Å². The van der Waals surface area contributed by atoms with Crippen LogP contribution in [0.15, 0.2) is 48.5 Å². The number of para-hydroxylation sites is 1. The van der Waals surface area contributed by atoms with Crippen molar-refractivity contribution in [1.82, 2.24) is 5.32 Å². The van der Waals surface area contributed by atoms with Crippen LogP contribution in [0.2, 0.25) is 5.02 Å². The maximum absolute atomic E-state index is 12.5. The van der Waals surface area contributed by atoms with Gasteiger partial charge in [-0.3, -0.25) is 9.10 Å². The van der Waals surface area contributed by atoms with Gasteiger partial charge in [0.2, 0.25) is 15.9 Å². The van der Waals surface area contributed by atoms with Gasteiger partial charge < -0.3 is 10.1 Å². The highest BCUT2D eigenvalue weighted by Crippen LogP contribution is 2.25. The topological polar surface area (TPSA) is 75.7 Å². The van der Waals surface area contributed by atoms with E-state index in [0.717, 1.165) is 16.1 Å². The molecular weight excluding hydrogens is 376 g/mol. The molecule has 0 unspecified atom stereocenters. The minimum atomic E-state index is -3.65. The predicted molar refractivity (Wildman–Crippen MR) is 103 cm³/mol. The van der Waals surface area contributed by atoms with Crippen molar-refractivity contribution in [3.05, 3.63) is 59.1 Å². The summed E-state index contributed by atoms with van der Waals surface area (Å²) in [5, 5.41) is 3.19. The fourth-order valence-electron chi connectivity index (χ4n) is 2.55. The molecule has 0 aliphatic carbocycles. The van der Waals surface area contributed by atoms with Crippen molar-refractivity contribution in [3.63, 3.8) is 0 Å². The molecular formula is C18H21ClN2O4S. The van der Waals surface area contributed by atoms with Gasteiger partial charge in [-0.25, -0.2) is 8.42 Å². The summed E-state index contributed by atoms with van der Waals surface area (Å²) >= 11 is 5.94. The summed E-state index contributed by atoms with van der Waals surface area (Å²) in [5.74, 6) is 0.212. The second-order valence-electron chi connectivity index (χ2n) is 5.78. The van der Waals surface area contributed by atoms with E-state index < -0.39 is 15.9 Å². The lowest BCUT2D eigenvalue weighted by Gasteiger charge is -2.24. The fourth-order valence-corrected chi connectivity index (χ4v) is 3.58. The van der Waals surface area contributed by atoms with E-state index in [0.29, 0.717) is 16.5 Å². The van der Waals surface area contributed by atoms with Crippen LogP contribution in [-0.4, -0.2) is 34.2 Å². The fraction of sp³-hybridized carbons (Fsp3) is 0.278. The standard InChI is InChI=1S/C18H21ClN2O4S/c1-13(16-9-4-5-10-17(16)25-2)20-18(22)12-21(26(3,23)24)15-8-6-7-14(19)11-15/h4-11,13H,12H2,1-3H3,(H,20,22)/t13-/m0/s1. The van der Waals surface area contributed by atoms with Crippen molar-refractivity contribution in [2.24, 2.45) is 0 Å². The summed E-state index contributed by atoms with van der Waals surface area (Å²) in [6.07, 6.45) is 1.05. The highest BCUT2D eigenvalue weighted by molar-refractivity contribution is 7.92. The van der Waals surface area contributed by atoms with E-state index in [4.69, 9.17) is 16.3 Å². The zero-order chi connectivity index (χ0) is 19.3. The second-order valence-corrected chi connectivity index (χ2v) is 8.12. The van der Waals surface area contributed by atoms with Crippen LogP contribution in [-0.2, 0) is 14.8 Å². The number of nitrogens with zero attached hydrogens (tertiary/aromatic N) is 1. The van der Waals surface area contributed by atoms with E-state index in [1.54, 1.807) is 38.3 Å². The molecule has 140 valence electrons. The summed E-state index contributed by atoms with van der Waals surface area (Å²) < 4.78 is 30.5. The van der Waals surface area contributed by atoms with Gasteiger partial charge in [0.05, 0.1) is 25.1 Å². The number of carbonyl (C=O) groups excluding carboxylic acids is 1. The van der Waals surface area contributed by atoms with E-state index in [-0.39, 0.29) is 12.6 Å². The van der Waals surface area contributed by atoms with Gasteiger partial charge in [0.15, 0.2) is 0 Å². The molecule has 0 aliphatic heterocycles. The Morgan fingerprint density at radius 3 is 2.54 bits per heavy atom. The summed E-state index contributed by atoms with van der Waals surface area (Å²) in [6.45, 7) is 1.46. The molecule has 2 aromatic rings. The molecule has 0 fully saturated rings. The maximum Gasteiger partial charge on any atom is 0.241 e. The molecule has 8 heteroatoms. The van der Waals surface area contributed by atoms with Crippen molar-refractivity contribution in [1.29, 1.82) is 0 Å². The van der Waals surface area contributed by atoms with E-state index in [1.165, 1.54) is 6.07 Å². The first kappa shape index (κ1) is 20.1. The van der Waals surface area contributed by atoms with E-state index in [1.807, 2.05) is 18.2 Å². The van der Waals surface area contributed by atoms with E-state index in [9.17, 15) is 13.2 Å². The Labute approximate surface area is 158 Å². The molecule has 0 saturated heterocycles. The first-order valence-corrected chi connectivity index (χ1v) is 10.1. The van der Waals surface area contributed by atoms with Gasteiger partial charge in [-0.1, -0.05) is 35.9 Å². The lowest BCUT2D eigenvalue weighted by Crippen LogP contribution is -2.41. The van der Waals surface area contributed by atoms with Crippen molar-refractivity contribution in [2.75, 3.05) is 24.2 Å². The van der Waals surface area contributed by atoms with Crippen LogP contribution in [0.4, 0.5) is 5.69 Å². The number of hydrogen-bond acceptors (Lipinski definition) is 4. The largest absolute Gasteiger partial charge is 0.496 e. The molecule has 0 aromatic heterocycles. The molecule has 6 nitrogen and oxygen atoms in total. The minimum absolute atomic E-state index is 0.333. The van der Waals surface area contributed by atoms with Gasteiger partial charge >= 0.3 is 0 Å². The lowest BCUT2D eigenvalue weighted by atomic mass is 10.1. The Bertz CT molecular complexity index is 886. The zero-order valence-electron chi connectivity index (χ0n) is 14.8. The molecule has 1 amide bonds. The van der Waals surface area contributed by atoms with E-state index >= 15 is 0 Å². The average Bonchev–Trinajstić information content (AvgIpc) is 2.58. The molecule has 26 heavy (non-hydrogen) atoms. The van der Waals surface area contributed by atoms with Crippen LogP contribution in [0.5, 0.6) is 5.75 Å². The van der Waals surface area contributed by atoms with E-state index in [2.05, 4.69) is 5.32 Å². The van der Waals surface area contributed by atoms with Gasteiger partial charge in [0.1, 0.15) is 12.3 Å².